The molecule has 0 radical (unpaired) electrons. The van der Waals surface area contributed by atoms with E-state index in [2.05, 4.69) is 35.3 Å². The molecule has 0 aliphatic heterocycles. The molecule has 2 heteroatoms. The van der Waals surface area contributed by atoms with Gasteiger partial charge in [-0.2, -0.15) is 0 Å². The van der Waals surface area contributed by atoms with Crippen molar-refractivity contribution < 1.29 is 0 Å². The van der Waals surface area contributed by atoms with Crippen LogP contribution in [-0.2, 0) is 5.88 Å². The highest BCUT2D eigenvalue weighted by atomic mass is 35.5. The highest BCUT2D eigenvalue weighted by Crippen LogP contribution is 2.22. The Hall–Kier alpha value is -1.34. The van der Waals surface area contributed by atoms with Crippen LogP contribution in [0.3, 0.4) is 0 Å². The van der Waals surface area contributed by atoms with Crippen LogP contribution in [0, 0.1) is 6.92 Å². The summed E-state index contributed by atoms with van der Waals surface area (Å²) in [5.74, 6) is 0.562. The Morgan fingerprint density at radius 1 is 1.13 bits per heavy atom. The van der Waals surface area contributed by atoms with Crippen LogP contribution in [0.2, 0.25) is 0 Å². The summed E-state index contributed by atoms with van der Waals surface area (Å²) in [5, 5.41) is 0. The second-order valence-electron chi connectivity index (χ2n) is 3.47. The number of aromatic nitrogens is 1. The molecule has 1 aromatic carbocycles. The molecule has 0 atom stereocenters. The normalized spacial score (nSPS) is 10.3. The van der Waals surface area contributed by atoms with Gasteiger partial charge in [0.25, 0.3) is 0 Å². The van der Waals surface area contributed by atoms with Gasteiger partial charge in [-0.25, -0.2) is 0 Å². The van der Waals surface area contributed by atoms with E-state index in [0.29, 0.717) is 5.88 Å². The molecule has 0 saturated heterocycles. The van der Waals surface area contributed by atoms with Crippen molar-refractivity contribution >= 4 is 11.6 Å². The lowest BCUT2D eigenvalue weighted by Crippen LogP contribution is -1.86. The van der Waals surface area contributed by atoms with Crippen LogP contribution in [0.4, 0.5) is 0 Å². The maximum Gasteiger partial charge on any atom is 0.0474 e. The lowest BCUT2D eigenvalue weighted by Gasteiger charge is -2.05. The van der Waals surface area contributed by atoms with E-state index in [0.717, 1.165) is 11.3 Å². The van der Waals surface area contributed by atoms with Crippen molar-refractivity contribution in [1.29, 1.82) is 0 Å². The molecule has 1 heterocycles. The predicted octanol–water partition coefficient (Wildman–Crippen LogP) is 3.80. The molecule has 0 bridgehead atoms. The number of nitrogens with zero attached hydrogens (tertiary/aromatic N) is 1. The Balaban J connectivity index is 2.42. The second-order valence-corrected chi connectivity index (χ2v) is 3.73. The van der Waals surface area contributed by atoms with Crippen LogP contribution in [0.15, 0.2) is 42.6 Å². The predicted molar refractivity (Wildman–Crippen MR) is 64.0 cm³/mol. The van der Waals surface area contributed by atoms with Crippen molar-refractivity contribution in [3.8, 4) is 11.1 Å². The largest absolute Gasteiger partial charge is 0.261 e. The number of pyridine rings is 1. The first-order valence-corrected chi connectivity index (χ1v) is 5.41. The van der Waals surface area contributed by atoms with E-state index in [9.17, 15) is 0 Å². The summed E-state index contributed by atoms with van der Waals surface area (Å²) in [5.41, 5.74) is 4.56. The van der Waals surface area contributed by atoms with Gasteiger partial charge in [-0.05, 0) is 24.1 Å². The average Bonchev–Trinajstić information content (AvgIpc) is 2.30. The number of hydrogen-bond donors (Lipinski definition) is 0. The quantitative estimate of drug-likeness (QED) is 0.698. The zero-order chi connectivity index (χ0) is 10.7. The van der Waals surface area contributed by atoms with Gasteiger partial charge in [-0.1, -0.05) is 30.3 Å². The summed E-state index contributed by atoms with van der Waals surface area (Å²) in [6.45, 7) is 2.02. The van der Waals surface area contributed by atoms with Gasteiger partial charge >= 0.3 is 0 Å². The molecular weight excluding hydrogens is 206 g/mol. The Labute approximate surface area is 94.7 Å². The van der Waals surface area contributed by atoms with Crippen molar-refractivity contribution in [2.45, 2.75) is 12.8 Å². The Kier molecular flexibility index (Phi) is 3.02. The Morgan fingerprint density at radius 3 is 2.47 bits per heavy atom. The first kappa shape index (κ1) is 10.2. The zero-order valence-electron chi connectivity index (χ0n) is 8.57. The molecule has 0 unspecified atom stereocenters. The molecule has 1 aromatic heterocycles. The number of benzene rings is 1. The molecule has 0 amide bonds. The average molecular weight is 218 g/mol. The maximum absolute atomic E-state index is 5.74. The van der Waals surface area contributed by atoms with Gasteiger partial charge in [-0.3, -0.25) is 4.98 Å². The van der Waals surface area contributed by atoms with Crippen molar-refractivity contribution in [2.75, 3.05) is 0 Å². The summed E-state index contributed by atoms with van der Waals surface area (Å²) < 4.78 is 0. The van der Waals surface area contributed by atoms with E-state index in [1.807, 2.05) is 19.2 Å². The number of hydrogen-bond acceptors (Lipinski definition) is 1. The summed E-state index contributed by atoms with van der Waals surface area (Å²) in [7, 11) is 0. The third-order valence-electron chi connectivity index (χ3n) is 2.43. The molecule has 2 aromatic rings. The van der Waals surface area contributed by atoms with E-state index in [1.54, 1.807) is 0 Å². The van der Waals surface area contributed by atoms with Gasteiger partial charge < -0.3 is 0 Å². The molecule has 15 heavy (non-hydrogen) atoms. The lowest BCUT2D eigenvalue weighted by molar-refractivity contribution is 1.20. The minimum atomic E-state index is 0.562. The van der Waals surface area contributed by atoms with E-state index in [-0.39, 0.29) is 0 Å². The smallest absolute Gasteiger partial charge is 0.0474 e. The van der Waals surface area contributed by atoms with Crippen LogP contribution >= 0.6 is 11.6 Å². The number of rotatable bonds is 2. The molecule has 0 spiro atoms. The standard InChI is InChI=1S/C13H12ClN/c1-10-13(3-2-8-15-10)12-6-4-11(9-14)5-7-12/h2-8H,9H2,1H3. The molecule has 76 valence electrons. The minimum Gasteiger partial charge on any atom is -0.261 e. The minimum absolute atomic E-state index is 0.562. The molecule has 0 aliphatic rings. The van der Waals surface area contributed by atoms with E-state index < -0.39 is 0 Å². The van der Waals surface area contributed by atoms with E-state index >= 15 is 0 Å². The molecule has 0 N–H and O–H groups in total. The third kappa shape index (κ3) is 2.18. The van der Waals surface area contributed by atoms with E-state index in [4.69, 9.17) is 11.6 Å². The molecule has 0 aliphatic carbocycles. The topological polar surface area (TPSA) is 12.9 Å². The van der Waals surface area contributed by atoms with Crippen LogP contribution in [0.5, 0.6) is 0 Å². The first-order chi connectivity index (χ1) is 7.31. The number of aryl methyl sites for hydroxylation is 1. The van der Waals surface area contributed by atoms with Crippen LogP contribution in [-0.4, -0.2) is 4.98 Å². The Bertz CT molecular complexity index is 448. The maximum atomic E-state index is 5.74. The molecule has 1 nitrogen and oxygen atoms in total. The highest BCUT2D eigenvalue weighted by Gasteiger charge is 2.01. The summed E-state index contributed by atoms with van der Waals surface area (Å²) >= 11 is 5.74. The van der Waals surface area contributed by atoms with Crippen molar-refractivity contribution in [2.24, 2.45) is 0 Å². The first-order valence-electron chi connectivity index (χ1n) is 4.88. The van der Waals surface area contributed by atoms with Crippen LogP contribution < -0.4 is 0 Å². The summed E-state index contributed by atoms with van der Waals surface area (Å²) in [6, 6.07) is 12.3. The van der Waals surface area contributed by atoms with Crippen LogP contribution in [0.1, 0.15) is 11.3 Å². The summed E-state index contributed by atoms with van der Waals surface area (Å²) in [4.78, 5) is 4.27. The van der Waals surface area contributed by atoms with Gasteiger partial charge in [0.1, 0.15) is 0 Å². The zero-order valence-corrected chi connectivity index (χ0v) is 9.33. The molecule has 2 rings (SSSR count). The number of halogens is 1. The SMILES string of the molecule is Cc1ncccc1-c1ccc(CCl)cc1. The van der Waals surface area contributed by atoms with Crippen molar-refractivity contribution in [3.63, 3.8) is 0 Å². The van der Waals surface area contributed by atoms with E-state index in [1.165, 1.54) is 11.1 Å². The van der Waals surface area contributed by atoms with Gasteiger partial charge in [0.05, 0.1) is 0 Å². The third-order valence-corrected chi connectivity index (χ3v) is 2.73. The second kappa shape index (κ2) is 4.45. The van der Waals surface area contributed by atoms with Crippen molar-refractivity contribution in [3.05, 3.63) is 53.9 Å². The fraction of sp³-hybridized carbons (Fsp3) is 0.154. The summed E-state index contributed by atoms with van der Waals surface area (Å²) in [6.07, 6.45) is 1.81. The highest BCUT2D eigenvalue weighted by molar-refractivity contribution is 6.17. The lowest BCUT2D eigenvalue weighted by atomic mass is 10.0. The monoisotopic (exact) mass is 217 g/mol. The number of alkyl halides is 1. The fourth-order valence-corrected chi connectivity index (χ4v) is 1.74. The Morgan fingerprint density at radius 2 is 1.87 bits per heavy atom. The molecule has 0 fully saturated rings. The molecular formula is C13H12ClN. The van der Waals surface area contributed by atoms with Gasteiger partial charge in [0.2, 0.25) is 0 Å². The fourth-order valence-electron chi connectivity index (χ4n) is 1.56. The molecule has 0 saturated carbocycles. The van der Waals surface area contributed by atoms with Crippen molar-refractivity contribution in [1.82, 2.24) is 4.98 Å². The van der Waals surface area contributed by atoms with Gasteiger partial charge in [0, 0.05) is 23.3 Å². The van der Waals surface area contributed by atoms with Gasteiger partial charge in [-0.15, -0.1) is 11.6 Å². The van der Waals surface area contributed by atoms with Gasteiger partial charge in [0.15, 0.2) is 0 Å². The van der Waals surface area contributed by atoms with Crippen LogP contribution in [0.25, 0.3) is 11.1 Å².